The summed E-state index contributed by atoms with van der Waals surface area (Å²) < 4.78 is 38.2. The van der Waals surface area contributed by atoms with Gasteiger partial charge in [0.25, 0.3) is 11.2 Å². The highest BCUT2D eigenvalue weighted by Crippen LogP contribution is 2.27. The van der Waals surface area contributed by atoms with Crippen molar-refractivity contribution in [2.45, 2.75) is 32.6 Å². The predicted molar refractivity (Wildman–Crippen MR) is 85.5 cm³/mol. The summed E-state index contributed by atoms with van der Waals surface area (Å²) in [5.74, 6) is -1.29. The first-order chi connectivity index (χ1) is 12.1. The van der Waals surface area contributed by atoms with Crippen molar-refractivity contribution >= 4 is 5.69 Å². The molecular formula is C16H15F3N4O3. The van der Waals surface area contributed by atoms with Gasteiger partial charge in [0.05, 0.1) is 16.2 Å². The monoisotopic (exact) mass is 368 g/mol. The van der Waals surface area contributed by atoms with E-state index in [0.29, 0.717) is 24.2 Å². The molecule has 1 aromatic heterocycles. The molecule has 2 heterocycles. The molecule has 1 aromatic carbocycles. The largest absolute Gasteiger partial charge is 0.449 e. The summed E-state index contributed by atoms with van der Waals surface area (Å²) in [7, 11) is 0. The minimum Gasteiger partial charge on any atom is -0.303 e. The molecule has 0 saturated carbocycles. The third-order valence-corrected chi connectivity index (χ3v) is 4.29. The van der Waals surface area contributed by atoms with E-state index in [1.165, 1.54) is 6.07 Å². The molecule has 138 valence electrons. The summed E-state index contributed by atoms with van der Waals surface area (Å²) in [5.41, 5.74) is 0.791. The zero-order valence-corrected chi connectivity index (χ0v) is 13.8. The molecule has 10 heteroatoms. The average Bonchev–Trinajstić information content (AvgIpc) is 2.56. The van der Waals surface area contributed by atoms with Crippen LogP contribution in [-0.2, 0) is 25.7 Å². The van der Waals surface area contributed by atoms with Crippen LogP contribution in [0.1, 0.15) is 28.2 Å². The number of rotatable bonds is 3. The van der Waals surface area contributed by atoms with Gasteiger partial charge in [0.1, 0.15) is 0 Å². The Morgan fingerprint density at radius 2 is 2.12 bits per heavy atom. The fraction of sp³-hybridized carbons (Fsp3) is 0.375. The van der Waals surface area contributed by atoms with Gasteiger partial charge in [-0.2, -0.15) is 13.2 Å². The van der Waals surface area contributed by atoms with Crippen molar-refractivity contribution in [2.75, 3.05) is 6.54 Å². The van der Waals surface area contributed by atoms with Gasteiger partial charge >= 0.3 is 6.18 Å². The van der Waals surface area contributed by atoms with Gasteiger partial charge in [-0.1, -0.05) is 12.1 Å². The minimum atomic E-state index is -4.70. The number of aromatic nitrogens is 2. The second-order valence-corrected chi connectivity index (χ2v) is 6.18. The number of nitrogens with one attached hydrogen (secondary N) is 1. The van der Waals surface area contributed by atoms with Crippen LogP contribution < -0.4 is 5.56 Å². The molecule has 0 fully saturated rings. The number of nitrogens with zero attached hydrogens (tertiary/aromatic N) is 3. The van der Waals surface area contributed by atoms with Crippen molar-refractivity contribution in [3.63, 3.8) is 0 Å². The van der Waals surface area contributed by atoms with E-state index in [2.05, 4.69) is 4.98 Å². The molecule has 0 aliphatic carbocycles. The molecule has 1 aliphatic heterocycles. The Balaban J connectivity index is 1.82. The van der Waals surface area contributed by atoms with Gasteiger partial charge in [-0.3, -0.25) is 19.8 Å². The van der Waals surface area contributed by atoms with E-state index >= 15 is 0 Å². The zero-order chi connectivity index (χ0) is 19.1. The SMILES string of the molecule is Cc1ccc(CN2CCc3nc(C(F)(F)F)[nH]c(=O)c3C2)cc1[N+](=O)[O-]. The van der Waals surface area contributed by atoms with Crippen LogP contribution >= 0.6 is 0 Å². The number of halogens is 3. The third-order valence-electron chi connectivity index (χ3n) is 4.29. The number of hydrogen-bond acceptors (Lipinski definition) is 5. The molecule has 1 N–H and O–H groups in total. The first-order valence-corrected chi connectivity index (χ1v) is 7.80. The fourth-order valence-electron chi connectivity index (χ4n) is 2.96. The standard InChI is InChI=1S/C16H15F3N4O3/c1-9-2-3-10(6-13(9)23(25)26)7-22-5-4-12-11(8-22)14(24)21-15(20-12)16(17,18)19/h2-3,6H,4-5,7-8H2,1H3,(H,20,21,24). The van der Waals surface area contributed by atoms with Crippen LogP contribution in [0.5, 0.6) is 0 Å². The molecule has 3 rings (SSSR count). The number of nitro benzene ring substituents is 1. The summed E-state index contributed by atoms with van der Waals surface area (Å²) in [4.78, 5) is 29.7. The van der Waals surface area contributed by atoms with E-state index < -0.39 is 22.5 Å². The van der Waals surface area contributed by atoms with Crippen LogP contribution in [0.2, 0.25) is 0 Å². The van der Waals surface area contributed by atoms with Gasteiger partial charge in [-0.15, -0.1) is 0 Å². The summed E-state index contributed by atoms with van der Waals surface area (Å²) in [6.45, 7) is 2.53. The summed E-state index contributed by atoms with van der Waals surface area (Å²) in [6.07, 6.45) is -4.50. The van der Waals surface area contributed by atoms with Crippen LogP contribution in [0.15, 0.2) is 23.0 Å². The van der Waals surface area contributed by atoms with Gasteiger partial charge in [0, 0.05) is 37.7 Å². The second kappa shape index (κ2) is 6.52. The van der Waals surface area contributed by atoms with Crippen molar-refractivity contribution in [3.05, 3.63) is 66.9 Å². The quantitative estimate of drug-likeness (QED) is 0.664. The third kappa shape index (κ3) is 3.59. The Kier molecular flexibility index (Phi) is 4.53. The van der Waals surface area contributed by atoms with E-state index in [4.69, 9.17) is 0 Å². The van der Waals surface area contributed by atoms with Gasteiger partial charge in [-0.05, 0) is 12.5 Å². The number of alkyl halides is 3. The Labute approximate surface area is 145 Å². The van der Waals surface area contributed by atoms with Crippen molar-refractivity contribution in [3.8, 4) is 0 Å². The topological polar surface area (TPSA) is 92.1 Å². The molecule has 0 saturated heterocycles. The van der Waals surface area contributed by atoms with Crippen LogP contribution in [0, 0.1) is 17.0 Å². The Morgan fingerprint density at radius 3 is 2.77 bits per heavy atom. The normalized spacial score (nSPS) is 14.9. The highest BCUT2D eigenvalue weighted by molar-refractivity contribution is 5.42. The average molecular weight is 368 g/mol. The molecule has 2 aromatic rings. The summed E-state index contributed by atoms with van der Waals surface area (Å²) >= 11 is 0. The zero-order valence-electron chi connectivity index (χ0n) is 13.8. The maximum atomic E-state index is 12.7. The number of benzene rings is 1. The van der Waals surface area contributed by atoms with E-state index in [-0.39, 0.29) is 29.9 Å². The Bertz CT molecular complexity index is 924. The lowest BCUT2D eigenvalue weighted by molar-refractivity contribution is -0.385. The highest BCUT2D eigenvalue weighted by Gasteiger charge is 2.36. The van der Waals surface area contributed by atoms with Crippen molar-refractivity contribution in [1.82, 2.24) is 14.9 Å². The molecule has 1 aliphatic rings. The van der Waals surface area contributed by atoms with E-state index in [1.807, 2.05) is 4.90 Å². The van der Waals surface area contributed by atoms with Crippen molar-refractivity contribution < 1.29 is 18.1 Å². The summed E-state index contributed by atoms with van der Waals surface area (Å²) in [6, 6.07) is 4.88. The molecule has 0 unspecified atom stereocenters. The maximum absolute atomic E-state index is 12.7. The molecule has 26 heavy (non-hydrogen) atoms. The lowest BCUT2D eigenvalue weighted by atomic mass is 10.0. The highest BCUT2D eigenvalue weighted by atomic mass is 19.4. The lowest BCUT2D eigenvalue weighted by Crippen LogP contribution is -2.36. The molecule has 7 nitrogen and oxygen atoms in total. The number of aromatic amines is 1. The molecule has 0 amide bonds. The molecule has 0 atom stereocenters. The fourth-order valence-corrected chi connectivity index (χ4v) is 2.96. The smallest absolute Gasteiger partial charge is 0.303 e. The first-order valence-electron chi connectivity index (χ1n) is 7.80. The second-order valence-electron chi connectivity index (χ2n) is 6.18. The number of aryl methyl sites for hydroxylation is 1. The van der Waals surface area contributed by atoms with Crippen LogP contribution in [0.4, 0.5) is 18.9 Å². The first kappa shape index (κ1) is 18.1. The lowest BCUT2D eigenvalue weighted by Gasteiger charge is -2.27. The van der Waals surface area contributed by atoms with Crippen LogP contribution in [0.25, 0.3) is 0 Å². The van der Waals surface area contributed by atoms with Gasteiger partial charge in [0.15, 0.2) is 0 Å². The molecule has 0 spiro atoms. The molecule has 0 bridgehead atoms. The van der Waals surface area contributed by atoms with E-state index in [9.17, 15) is 28.1 Å². The minimum absolute atomic E-state index is 0.00856. The number of hydrogen-bond donors (Lipinski definition) is 1. The van der Waals surface area contributed by atoms with Crippen molar-refractivity contribution in [1.29, 1.82) is 0 Å². The maximum Gasteiger partial charge on any atom is 0.449 e. The Morgan fingerprint density at radius 1 is 1.38 bits per heavy atom. The summed E-state index contributed by atoms with van der Waals surface area (Å²) in [5, 5.41) is 11.0. The van der Waals surface area contributed by atoms with Gasteiger partial charge in [-0.25, -0.2) is 4.98 Å². The number of H-pyrrole nitrogens is 1. The molecule has 0 radical (unpaired) electrons. The van der Waals surface area contributed by atoms with E-state index in [1.54, 1.807) is 24.0 Å². The van der Waals surface area contributed by atoms with E-state index in [0.717, 1.165) is 0 Å². The number of fused-ring (bicyclic) bond motifs is 1. The predicted octanol–water partition coefficient (Wildman–Crippen LogP) is 2.56. The van der Waals surface area contributed by atoms with Gasteiger partial charge < -0.3 is 4.98 Å². The molecular weight excluding hydrogens is 353 g/mol. The van der Waals surface area contributed by atoms with Crippen LogP contribution in [-0.4, -0.2) is 26.3 Å². The van der Waals surface area contributed by atoms with Crippen LogP contribution in [0.3, 0.4) is 0 Å². The number of nitro groups is 1. The van der Waals surface area contributed by atoms with Crippen molar-refractivity contribution in [2.24, 2.45) is 0 Å². The Hall–Kier alpha value is -2.75. The van der Waals surface area contributed by atoms with Gasteiger partial charge in [0.2, 0.25) is 5.82 Å².